The average Bonchev–Trinajstić information content (AvgIpc) is 2.74. The van der Waals surface area contributed by atoms with Crippen LogP contribution in [0.2, 0.25) is 0 Å². The first-order valence-corrected chi connectivity index (χ1v) is 7.74. The van der Waals surface area contributed by atoms with E-state index < -0.39 is 12.7 Å². The lowest BCUT2D eigenvalue weighted by molar-refractivity contribution is -0.141. The number of benzene rings is 1. The summed E-state index contributed by atoms with van der Waals surface area (Å²) in [5.41, 5.74) is 0.246. The summed E-state index contributed by atoms with van der Waals surface area (Å²) < 4.78 is 45.0. The number of likely N-dealkylation sites (N-methyl/N-ethyl adjacent to an activating group) is 1. The van der Waals surface area contributed by atoms with Crippen molar-refractivity contribution in [1.29, 1.82) is 0 Å². The number of hydrogen-bond donors (Lipinski definition) is 1. The number of rotatable bonds is 6. The van der Waals surface area contributed by atoms with Crippen molar-refractivity contribution in [1.82, 2.24) is 14.7 Å². The van der Waals surface area contributed by atoms with Crippen LogP contribution >= 0.6 is 0 Å². The van der Waals surface area contributed by atoms with Crippen molar-refractivity contribution in [2.45, 2.75) is 32.7 Å². The van der Waals surface area contributed by atoms with E-state index in [4.69, 9.17) is 4.74 Å². The molecule has 1 aromatic heterocycles. The fraction of sp³-hybridized carbons (Fsp3) is 0.500. The van der Waals surface area contributed by atoms with Gasteiger partial charge in [-0.3, -0.25) is 9.48 Å². The SMILES string of the molecule is CC(C)Oc1cccc2c1c(NC(=O)CN(C)C)nn2CC(F)(F)F. The Morgan fingerprint density at radius 1 is 1.36 bits per heavy atom. The highest BCUT2D eigenvalue weighted by Gasteiger charge is 2.30. The molecule has 0 aliphatic rings. The second-order valence-electron chi connectivity index (χ2n) is 6.22. The third-order valence-electron chi connectivity index (χ3n) is 3.15. The van der Waals surface area contributed by atoms with Crippen LogP contribution in [0.15, 0.2) is 18.2 Å². The molecule has 0 radical (unpaired) electrons. The third-order valence-corrected chi connectivity index (χ3v) is 3.15. The summed E-state index contributed by atoms with van der Waals surface area (Å²) in [6.07, 6.45) is -4.61. The molecule has 0 atom stereocenters. The Kier molecular flexibility index (Phi) is 5.56. The maximum atomic E-state index is 12.8. The summed E-state index contributed by atoms with van der Waals surface area (Å²) in [6.45, 7) is 2.45. The van der Waals surface area contributed by atoms with E-state index in [-0.39, 0.29) is 29.9 Å². The Morgan fingerprint density at radius 3 is 2.60 bits per heavy atom. The third kappa shape index (κ3) is 5.09. The van der Waals surface area contributed by atoms with E-state index in [1.165, 1.54) is 6.07 Å². The number of halogens is 3. The minimum absolute atomic E-state index is 0.0577. The first-order valence-electron chi connectivity index (χ1n) is 7.74. The fourth-order valence-corrected chi connectivity index (χ4v) is 2.39. The number of aromatic nitrogens is 2. The van der Waals surface area contributed by atoms with E-state index in [0.717, 1.165) is 4.68 Å². The molecule has 1 amide bonds. The zero-order chi connectivity index (χ0) is 18.8. The molecule has 0 unspecified atom stereocenters. The number of carbonyl (C=O) groups excluding carboxylic acids is 1. The van der Waals surface area contributed by atoms with E-state index in [2.05, 4.69) is 10.4 Å². The van der Waals surface area contributed by atoms with E-state index in [0.29, 0.717) is 11.1 Å². The standard InChI is InChI=1S/C16H21F3N4O2/c1-10(2)25-12-7-5-6-11-14(12)15(20-13(24)8-22(3)4)21-23(11)9-16(17,18)19/h5-7,10H,8-9H2,1-4H3,(H,20,21,24). The topological polar surface area (TPSA) is 59.4 Å². The molecule has 6 nitrogen and oxygen atoms in total. The molecule has 1 heterocycles. The number of nitrogens with zero attached hydrogens (tertiary/aromatic N) is 3. The molecular formula is C16H21F3N4O2. The fourth-order valence-electron chi connectivity index (χ4n) is 2.39. The summed E-state index contributed by atoms with van der Waals surface area (Å²) in [5.74, 6) is 0.0614. The first kappa shape index (κ1) is 19.0. The molecule has 0 fully saturated rings. The van der Waals surface area contributed by atoms with Gasteiger partial charge < -0.3 is 15.0 Å². The molecule has 0 saturated carbocycles. The van der Waals surface area contributed by atoms with Crippen molar-refractivity contribution in [3.8, 4) is 5.75 Å². The number of fused-ring (bicyclic) bond motifs is 1. The molecule has 25 heavy (non-hydrogen) atoms. The molecule has 9 heteroatoms. The predicted molar refractivity (Wildman–Crippen MR) is 88.7 cm³/mol. The maximum absolute atomic E-state index is 12.8. The smallest absolute Gasteiger partial charge is 0.408 e. The molecular weight excluding hydrogens is 337 g/mol. The van der Waals surface area contributed by atoms with E-state index in [1.807, 2.05) is 13.8 Å². The number of carbonyl (C=O) groups is 1. The highest BCUT2D eigenvalue weighted by Crippen LogP contribution is 2.34. The molecule has 0 bridgehead atoms. The Morgan fingerprint density at radius 2 is 2.04 bits per heavy atom. The summed E-state index contributed by atoms with van der Waals surface area (Å²) in [7, 11) is 3.43. The van der Waals surface area contributed by atoms with Crippen LogP contribution in [0.1, 0.15) is 13.8 Å². The van der Waals surface area contributed by atoms with Gasteiger partial charge in [-0.05, 0) is 40.1 Å². The largest absolute Gasteiger partial charge is 0.490 e. The molecule has 2 aromatic rings. The predicted octanol–water partition coefficient (Wildman–Crippen LogP) is 2.89. The Balaban J connectivity index is 2.51. The second-order valence-corrected chi connectivity index (χ2v) is 6.22. The molecule has 1 aromatic carbocycles. The Labute approximate surface area is 143 Å². The van der Waals surface area contributed by atoms with Gasteiger partial charge in [-0.2, -0.15) is 18.3 Å². The lowest BCUT2D eigenvalue weighted by Gasteiger charge is -2.12. The van der Waals surface area contributed by atoms with Gasteiger partial charge in [0, 0.05) is 0 Å². The van der Waals surface area contributed by atoms with E-state index >= 15 is 0 Å². The summed E-state index contributed by atoms with van der Waals surface area (Å²) in [6, 6.07) is 4.76. The maximum Gasteiger partial charge on any atom is 0.408 e. The normalized spacial score (nSPS) is 12.2. The van der Waals surface area contributed by atoms with Crippen molar-refractivity contribution in [2.75, 3.05) is 26.0 Å². The van der Waals surface area contributed by atoms with Crippen LogP contribution in [0.3, 0.4) is 0 Å². The van der Waals surface area contributed by atoms with Gasteiger partial charge in [0.1, 0.15) is 12.3 Å². The van der Waals surface area contributed by atoms with Crippen LogP contribution in [-0.2, 0) is 11.3 Å². The van der Waals surface area contributed by atoms with Gasteiger partial charge in [0.2, 0.25) is 5.91 Å². The van der Waals surface area contributed by atoms with E-state index in [9.17, 15) is 18.0 Å². The molecule has 0 spiro atoms. The van der Waals surface area contributed by atoms with Gasteiger partial charge in [-0.1, -0.05) is 6.07 Å². The van der Waals surface area contributed by atoms with Crippen LogP contribution in [0, 0.1) is 0 Å². The number of hydrogen-bond acceptors (Lipinski definition) is 4. The monoisotopic (exact) mass is 358 g/mol. The van der Waals surface area contributed by atoms with Crippen molar-refractivity contribution in [3.63, 3.8) is 0 Å². The van der Waals surface area contributed by atoms with Gasteiger partial charge in [0.25, 0.3) is 0 Å². The number of anilines is 1. The molecule has 1 N–H and O–H groups in total. The molecule has 0 aliphatic heterocycles. The lowest BCUT2D eigenvalue weighted by Crippen LogP contribution is -2.27. The zero-order valence-corrected chi connectivity index (χ0v) is 14.5. The van der Waals surface area contributed by atoms with Gasteiger partial charge in [0.05, 0.1) is 23.6 Å². The number of ether oxygens (including phenoxy) is 1. The Bertz CT molecular complexity index is 754. The van der Waals surface area contributed by atoms with Crippen LogP contribution in [0.25, 0.3) is 10.9 Å². The number of amides is 1. The summed E-state index contributed by atoms with van der Waals surface area (Å²) >= 11 is 0. The van der Waals surface area contributed by atoms with Crippen LogP contribution in [0.5, 0.6) is 5.75 Å². The molecule has 0 saturated heterocycles. The molecule has 0 aliphatic carbocycles. The summed E-state index contributed by atoms with van der Waals surface area (Å²) in [4.78, 5) is 13.7. The molecule has 2 rings (SSSR count). The highest BCUT2D eigenvalue weighted by atomic mass is 19.4. The Hall–Kier alpha value is -2.29. The number of alkyl halides is 3. The first-order chi connectivity index (χ1) is 11.6. The van der Waals surface area contributed by atoms with Crippen molar-refractivity contribution < 1.29 is 22.7 Å². The van der Waals surface area contributed by atoms with Gasteiger partial charge in [-0.25, -0.2) is 0 Å². The molecule has 138 valence electrons. The number of nitrogens with one attached hydrogen (secondary N) is 1. The van der Waals surface area contributed by atoms with Gasteiger partial charge in [-0.15, -0.1) is 0 Å². The minimum atomic E-state index is -4.43. The quantitative estimate of drug-likeness (QED) is 0.863. The van der Waals surface area contributed by atoms with Crippen LogP contribution in [0.4, 0.5) is 19.0 Å². The van der Waals surface area contributed by atoms with Crippen molar-refractivity contribution >= 4 is 22.6 Å². The van der Waals surface area contributed by atoms with Crippen LogP contribution in [-0.4, -0.2) is 53.5 Å². The van der Waals surface area contributed by atoms with Crippen LogP contribution < -0.4 is 10.1 Å². The minimum Gasteiger partial charge on any atom is -0.490 e. The van der Waals surface area contributed by atoms with E-state index in [1.54, 1.807) is 31.1 Å². The van der Waals surface area contributed by atoms with Crippen molar-refractivity contribution in [2.24, 2.45) is 0 Å². The second kappa shape index (κ2) is 7.30. The average molecular weight is 358 g/mol. The van der Waals surface area contributed by atoms with Gasteiger partial charge in [0.15, 0.2) is 5.82 Å². The van der Waals surface area contributed by atoms with Gasteiger partial charge >= 0.3 is 6.18 Å². The zero-order valence-electron chi connectivity index (χ0n) is 14.5. The van der Waals surface area contributed by atoms with Crippen molar-refractivity contribution in [3.05, 3.63) is 18.2 Å². The lowest BCUT2D eigenvalue weighted by atomic mass is 10.2. The highest BCUT2D eigenvalue weighted by molar-refractivity contribution is 6.03. The summed E-state index contributed by atoms with van der Waals surface area (Å²) in [5, 5.41) is 6.89.